The van der Waals surface area contributed by atoms with Gasteiger partial charge in [-0.05, 0) is 51.4 Å². The van der Waals surface area contributed by atoms with Gasteiger partial charge in [0.15, 0.2) is 0 Å². The zero-order valence-corrected chi connectivity index (χ0v) is 13.0. The molecule has 112 valence electrons. The third-order valence-corrected chi connectivity index (χ3v) is 4.86. The van der Waals surface area contributed by atoms with Crippen molar-refractivity contribution < 1.29 is 9.47 Å². The zero-order chi connectivity index (χ0) is 13.8. The second-order valence-electron chi connectivity index (χ2n) is 7.12. The molecule has 1 heterocycles. The van der Waals surface area contributed by atoms with E-state index >= 15 is 0 Å². The number of rotatable bonds is 7. The molecule has 0 spiro atoms. The average molecular weight is 269 g/mol. The highest BCUT2D eigenvalue weighted by atomic mass is 16.5. The topological polar surface area (TPSA) is 30.5 Å². The van der Waals surface area contributed by atoms with Gasteiger partial charge in [-0.2, -0.15) is 0 Å². The summed E-state index contributed by atoms with van der Waals surface area (Å²) in [5, 5.41) is 3.58. The minimum Gasteiger partial charge on any atom is -0.383 e. The average Bonchev–Trinajstić information content (AvgIpc) is 2.93. The van der Waals surface area contributed by atoms with E-state index in [0.29, 0.717) is 11.5 Å². The molecule has 1 N–H and O–H groups in total. The monoisotopic (exact) mass is 269 g/mol. The van der Waals surface area contributed by atoms with Crippen molar-refractivity contribution in [1.82, 2.24) is 5.32 Å². The summed E-state index contributed by atoms with van der Waals surface area (Å²) in [5.41, 5.74) is 0.590. The van der Waals surface area contributed by atoms with Crippen LogP contribution in [0.2, 0.25) is 0 Å². The molecule has 19 heavy (non-hydrogen) atoms. The smallest absolute Gasteiger partial charge is 0.0631 e. The number of hydrogen-bond donors (Lipinski definition) is 1. The van der Waals surface area contributed by atoms with Crippen LogP contribution in [0.25, 0.3) is 0 Å². The van der Waals surface area contributed by atoms with Gasteiger partial charge in [-0.15, -0.1) is 0 Å². The van der Waals surface area contributed by atoms with Gasteiger partial charge in [-0.3, -0.25) is 0 Å². The maximum atomic E-state index is 6.21. The SMILES string of the molecule is COCCNCC1(CC2CCC(C)(C)O2)CCCC1. The Hall–Kier alpha value is -0.120. The van der Waals surface area contributed by atoms with Crippen molar-refractivity contribution in [2.45, 2.75) is 70.5 Å². The van der Waals surface area contributed by atoms with E-state index in [9.17, 15) is 0 Å². The van der Waals surface area contributed by atoms with Gasteiger partial charge in [0, 0.05) is 20.2 Å². The molecule has 1 saturated carbocycles. The van der Waals surface area contributed by atoms with Gasteiger partial charge < -0.3 is 14.8 Å². The molecule has 0 aromatic carbocycles. The Balaban J connectivity index is 1.82. The van der Waals surface area contributed by atoms with Crippen molar-refractivity contribution in [2.75, 3.05) is 26.8 Å². The van der Waals surface area contributed by atoms with E-state index < -0.39 is 0 Å². The molecule has 1 unspecified atom stereocenters. The standard InChI is InChI=1S/C16H31NO2/c1-15(2)9-6-14(19-15)12-16(7-4-5-8-16)13-17-10-11-18-3/h14,17H,4-13H2,1-3H3. The van der Waals surface area contributed by atoms with Crippen molar-refractivity contribution in [3.8, 4) is 0 Å². The fourth-order valence-corrected chi connectivity index (χ4v) is 3.81. The van der Waals surface area contributed by atoms with E-state index in [1.165, 1.54) is 44.9 Å². The lowest BCUT2D eigenvalue weighted by Gasteiger charge is -2.33. The molecule has 0 amide bonds. The van der Waals surface area contributed by atoms with E-state index in [-0.39, 0.29) is 5.60 Å². The normalized spacial score (nSPS) is 28.9. The number of nitrogens with one attached hydrogen (secondary N) is 1. The van der Waals surface area contributed by atoms with E-state index in [1.807, 2.05) is 0 Å². The molecule has 1 atom stereocenters. The van der Waals surface area contributed by atoms with Gasteiger partial charge >= 0.3 is 0 Å². The number of methoxy groups -OCH3 is 1. The summed E-state index contributed by atoms with van der Waals surface area (Å²) in [6.45, 7) is 7.37. The first-order chi connectivity index (χ1) is 9.05. The summed E-state index contributed by atoms with van der Waals surface area (Å²) < 4.78 is 11.3. The zero-order valence-electron chi connectivity index (χ0n) is 13.0. The molecule has 2 rings (SSSR count). The number of hydrogen-bond acceptors (Lipinski definition) is 3. The molecule has 2 fully saturated rings. The first-order valence-electron chi connectivity index (χ1n) is 7.93. The molecular formula is C16H31NO2. The van der Waals surface area contributed by atoms with Crippen LogP contribution in [0.4, 0.5) is 0 Å². The van der Waals surface area contributed by atoms with Gasteiger partial charge in [0.1, 0.15) is 0 Å². The van der Waals surface area contributed by atoms with E-state index in [4.69, 9.17) is 9.47 Å². The summed E-state index contributed by atoms with van der Waals surface area (Å²) in [4.78, 5) is 0. The van der Waals surface area contributed by atoms with Crippen LogP contribution in [-0.4, -0.2) is 38.5 Å². The molecule has 2 aliphatic rings. The molecule has 0 radical (unpaired) electrons. The molecule has 1 aliphatic carbocycles. The Bertz CT molecular complexity index is 272. The van der Waals surface area contributed by atoms with Gasteiger partial charge in [0.05, 0.1) is 18.3 Å². The third kappa shape index (κ3) is 4.44. The van der Waals surface area contributed by atoms with Crippen molar-refractivity contribution in [3.05, 3.63) is 0 Å². The van der Waals surface area contributed by atoms with Crippen LogP contribution in [-0.2, 0) is 9.47 Å². The first kappa shape index (κ1) is 15.3. The highest BCUT2D eigenvalue weighted by molar-refractivity contribution is 4.92. The molecule has 0 aromatic rings. The van der Waals surface area contributed by atoms with Crippen molar-refractivity contribution in [3.63, 3.8) is 0 Å². The molecule has 0 aromatic heterocycles. The van der Waals surface area contributed by atoms with E-state index in [2.05, 4.69) is 19.2 Å². The van der Waals surface area contributed by atoms with Gasteiger partial charge in [0.2, 0.25) is 0 Å². The molecule has 0 bridgehead atoms. The largest absolute Gasteiger partial charge is 0.383 e. The first-order valence-corrected chi connectivity index (χ1v) is 7.93. The van der Waals surface area contributed by atoms with Gasteiger partial charge in [-0.1, -0.05) is 12.8 Å². The Labute approximate surface area is 118 Å². The lowest BCUT2D eigenvalue weighted by Crippen LogP contribution is -2.37. The molecule has 3 heteroatoms. The lowest BCUT2D eigenvalue weighted by atomic mass is 9.80. The molecular weight excluding hydrogens is 238 g/mol. The van der Waals surface area contributed by atoms with Crippen LogP contribution < -0.4 is 5.32 Å². The maximum absolute atomic E-state index is 6.21. The van der Waals surface area contributed by atoms with Gasteiger partial charge in [-0.25, -0.2) is 0 Å². The van der Waals surface area contributed by atoms with Crippen LogP contribution >= 0.6 is 0 Å². The predicted molar refractivity (Wildman–Crippen MR) is 78.4 cm³/mol. The second kappa shape index (κ2) is 6.55. The van der Waals surface area contributed by atoms with Crippen molar-refractivity contribution in [2.24, 2.45) is 5.41 Å². The summed E-state index contributed by atoms with van der Waals surface area (Å²) in [5.74, 6) is 0. The summed E-state index contributed by atoms with van der Waals surface area (Å²) in [7, 11) is 1.77. The highest BCUT2D eigenvalue weighted by Crippen LogP contribution is 2.45. The van der Waals surface area contributed by atoms with Crippen molar-refractivity contribution in [1.29, 1.82) is 0 Å². The van der Waals surface area contributed by atoms with Crippen LogP contribution in [0, 0.1) is 5.41 Å². The maximum Gasteiger partial charge on any atom is 0.0631 e. The van der Waals surface area contributed by atoms with Crippen LogP contribution in [0.5, 0.6) is 0 Å². The van der Waals surface area contributed by atoms with Crippen molar-refractivity contribution >= 4 is 0 Å². The minimum absolute atomic E-state index is 0.105. The minimum atomic E-state index is 0.105. The van der Waals surface area contributed by atoms with Crippen LogP contribution in [0.15, 0.2) is 0 Å². The molecule has 1 saturated heterocycles. The molecule has 3 nitrogen and oxygen atoms in total. The third-order valence-electron chi connectivity index (χ3n) is 4.86. The Morgan fingerprint density at radius 1 is 1.21 bits per heavy atom. The van der Waals surface area contributed by atoms with Gasteiger partial charge in [0.25, 0.3) is 0 Å². The van der Waals surface area contributed by atoms with E-state index in [1.54, 1.807) is 7.11 Å². The Morgan fingerprint density at radius 2 is 1.95 bits per heavy atom. The predicted octanol–water partition coefficient (Wildman–Crippen LogP) is 3.13. The Morgan fingerprint density at radius 3 is 2.53 bits per heavy atom. The summed E-state index contributed by atoms with van der Waals surface area (Å²) in [6, 6.07) is 0. The molecule has 1 aliphatic heterocycles. The van der Waals surface area contributed by atoms with E-state index in [0.717, 1.165) is 19.7 Å². The summed E-state index contributed by atoms with van der Waals surface area (Å²) >= 11 is 0. The summed E-state index contributed by atoms with van der Waals surface area (Å²) in [6.07, 6.45) is 9.70. The van der Waals surface area contributed by atoms with Crippen LogP contribution in [0.1, 0.15) is 58.8 Å². The second-order valence-corrected chi connectivity index (χ2v) is 7.12. The fraction of sp³-hybridized carbons (Fsp3) is 1.00. The van der Waals surface area contributed by atoms with Crippen LogP contribution in [0.3, 0.4) is 0 Å². The quantitative estimate of drug-likeness (QED) is 0.720. The highest BCUT2D eigenvalue weighted by Gasteiger charge is 2.40. The Kier molecular flexibility index (Phi) is 5.27. The lowest BCUT2D eigenvalue weighted by molar-refractivity contribution is -0.0351. The fourth-order valence-electron chi connectivity index (χ4n) is 3.81. The number of ether oxygens (including phenoxy) is 2.